The van der Waals surface area contributed by atoms with Gasteiger partial charge in [-0.05, 0) is 5.92 Å². The lowest BCUT2D eigenvalue weighted by atomic mass is 9.89. The monoisotopic (exact) mass is 534 g/mol. The topological polar surface area (TPSA) is 0 Å². The quantitative estimate of drug-likeness (QED) is 0.0721. The molecular weight excluding hydrogens is 456 g/mol. The Hall–Kier alpha value is 0. The van der Waals surface area contributed by atoms with E-state index in [-0.39, 0.29) is 0 Å². The lowest BCUT2D eigenvalue weighted by molar-refractivity contribution is 0.366. The molecule has 0 saturated carbocycles. The Bertz CT molecular complexity index is 385. The summed E-state index contributed by atoms with van der Waals surface area (Å²) >= 11 is 0. The minimum Gasteiger partial charge on any atom is -0.0654 e. The molecule has 0 amide bonds. The largest absolute Gasteiger partial charge is 0.0654 e. The molecule has 0 fully saturated rings. The molecule has 0 heteroatoms. The third-order valence-corrected chi connectivity index (χ3v) is 9.04. The van der Waals surface area contributed by atoms with Crippen LogP contribution in [0.4, 0.5) is 0 Å². The second-order valence-electron chi connectivity index (χ2n) is 13.0. The summed E-state index contributed by atoms with van der Waals surface area (Å²) in [5.74, 6) is 1.02. The van der Waals surface area contributed by atoms with Gasteiger partial charge in [-0.25, -0.2) is 0 Å². The molecule has 1 radical (unpaired) electrons. The normalized spacial score (nSPS) is 12.4. The van der Waals surface area contributed by atoms with E-state index in [2.05, 4.69) is 20.8 Å². The summed E-state index contributed by atoms with van der Waals surface area (Å²) in [6.07, 6.45) is 49.7. The highest BCUT2D eigenvalue weighted by Gasteiger charge is 2.08. The molecule has 0 aromatic heterocycles. The second-order valence-corrected chi connectivity index (χ2v) is 13.0. The van der Waals surface area contributed by atoms with Crippen molar-refractivity contribution in [3.8, 4) is 0 Å². The fourth-order valence-corrected chi connectivity index (χ4v) is 6.30. The summed E-state index contributed by atoms with van der Waals surface area (Å²) < 4.78 is 0. The Kier molecular flexibility index (Phi) is 35.0. The van der Waals surface area contributed by atoms with Crippen LogP contribution < -0.4 is 0 Å². The standard InChI is InChI=1S/C38H77/c1-4-7-10-13-15-17-18-19-20-21-22-23-24-25-26-27-29-31-34-37-38(35-32-12-9-6-3)36-33-30-28-16-14-11-8-5-2/h38H,3-37H2,1-2H3. The highest BCUT2D eigenvalue weighted by molar-refractivity contribution is 4.62. The third kappa shape index (κ3) is 32.2. The highest BCUT2D eigenvalue weighted by Crippen LogP contribution is 2.25. The number of rotatable bonds is 34. The van der Waals surface area contributed by atoms with Crippen LogP contribution in [0.3, 0.4) is 0 Å². The van der Waals surface area contributed by atoms with Gasteiger partial charge in [0.15, 0.2) is 0 Å². The van der Waals surface area contributed by atoms with Crippen molar-refractivity contribution in [2.45, 2.75) is 232 Å². The van der Waals surface area contributed by atoms with Gasteiger partial charge in [-0.1, -0.05) is 239 Å². The fraction of sp³-hybridized carbons (Fsp3) is 0.974. The SMILES string of the molecule is [CH2]CCCCCC(CCCCCCCCCC)CCCCCCCCCCCCCCCCCCCCC. The first-order chi connectivity index (χ1) is 18.8. The zero-order valence-electron chi connectivity index (χ0n) is 27.3. The average Bonchev–Trinajstić information content (AvgIpc) is 2.93. The Balaban J connectivity index is 3.52. The first kappa shape index (κ1) is 38.0. The first-order valence-electron chi connectivity index (χ1n) is 18.6. The molecular formula is C38H77. The predicted octanol–water partition coefficient (Wildman–Crippen LogP) is 14.7. The van der Waals surface area contributed by atoms with Crippen LogP contribution in [0.2, 0.25) is 0 Å². The maximum absolute atomic E-state index is 4.03. The van der Waals surface area contributed by atoms with Gasteiger partial charge in [0, 0.05) is 0 Å². The number of hydrogen-bond acceptors (Lipinski definition) is 0. The van der Waals surface area contributed by atoms with E-state index in [9.17, 15) is 0 Å². The van der Waals surface area contributed by atoms with Crippen LogP contribution in [0, 0.1) is 12.8 Å². The van der Waals surface area contributed by atoms with E-state index in [4.69, 9.17) is 0 Å². The predicted molar refractivity (Wildman–Crippen MR) is 177 cm³/mol. The van der Waals surface area contributed by atoms with Gasteiger partial charge in [0.25, 0.3) is 0 Å². The molecule has 229 valence electrons. The minimum atomic E-state index is 1.02. The average molecular weight is 534 g/mol. The molecule has 1 atom stereocenters. The van der Waals surface area contributed by atoms with Crippen molar-refractivity contribution in [2.75, 3.05) is 0 Å². The van der Waals surface area contributed by atoms with Crippen molar-refractivity contribution in [3.63, 3.8) is 0 Å². The van der Waals surface area contributed by atoms with Crippen molar-refractivity contribution in [3.05, 3.63) is 6.92 Å². The summed E-state index contributed by atoms with van der Waals surface area (Å²) in [7, 11) is 0. The molecule has 0 aliphatic carbocycles. The molecule has 38 heavy (non-hydrogen) atoms. The van der Waals surface area contributed by atoms with E-state index >= 15 is 0 Å². The van der Waals surface area contributed by atoms with Crippen LogP contribution in [-0.2, 0) is 0 Å². The molecule has 0 aromatic rings. The van der Waals surface area contributed by atoms with Gasteiger partial charge in [-0.2, -0.15) is 0 Å². The van der Waals surface area contributed by atoms with Gasteiger partial charge < -0.3 is 0 Å². The lowest BCUT2D eigenvalue weighted by Gasteiger charge is -2.17. The van der Waals surface area contributed by atoms with E-state index in [1.165, 1.54) is 212 Å². The first-order valence-corrected chi connectivity index (χ1v) is 18.6. The van der Waals surface area contributed by atoms with Gasteiger partial charge in [0.1, 0.15) is 0 Å². The van der Waals surface area contributed by atoms with Crippen molar-refractivity contribution in [1.82, 2.24) is 0 Å². The van der Waals surface area contributed by atoms with Crippen LogP contribution in [0.25, 0.3) is 0 Å². The van der Waals surface area contributed by atoms with Crippen molar-refractivity contribution in [2.24, 2.45) is 5.92 Å². The van der Waals surface area contributed by atoms with E-state index in [0.717, 1.165) is 12.3 Å². The smallest absolute Gasteiger partial charge is 0.0414 e. The zero-order chi connectivity index (χ0) is 27.6. The lowest BCUT2D eigenvalue weighted by Crippen LogP contribution is -2.01. The fourth-order valence-electron chi connectivity index (χ4n) is 6.30. The molecule has 0 bridgehead atoms. The number of unbranched alkanes of at least 4 members (excludes halogenated alkanes) is 28. The van der Waals surface area contributed by atoms with E-state index in [0.29, 0.717) is 0 Å². The van der Waals surface area contributed by atoms with E-state index in [1.54, 1.807) is 0 Å². The van der Waals surface area contributed by atoms with Gasteiger partial charge in [-0.3, -0.25) is 0 Å². The summed E-state index contributed by atoms with van der Waals surface area (Å²) in [5.41, 5.74) is 0. The molecule has 0 N–H and O–H groups in total. The van der Waals surface area contributed by atoms with Crippen LogP contribution in [-0.4, -0.2) is 0 Å². The zero-order valence-corrected chi connectivity index (χ0v) is 27.3. The summed E-state index contributed by atoms with van der Waals surface area (Å²) in [6.45, 7) is 8.66. The molecule has 1 unspecified atom stereocenters. The van der Waals surface area contributed by atoms with Crippen LogP contribution >= 0.6 is 0 Å². The Labute approximate surface area is 244 Å². The number of hydrogen-bond donors (Lipinski definition) is 0. The van der Waals surface area contributed by atoms with Gasteiger partial charge in [-0.15, -0.1) is 0 Å². The summed E-state index contributed by atoms with van der Waals surface area (Å²) in [5, 5.41) is 0. The minimum absolute atomic E-state index is 1.02. The molecule has 0 spiro atoms. The highest BCUT2D eigenvalue weighted by atomic mass is 14.1. The van der Waals surface area contributed by atoms with Gasteiger partial charge in [0.05, 0.1) is 0 Å². The Morgan fingerprint density at radius 3 is 0.737 bits per heavy atom. The maximum atomic E-state index is 4.03. The molecule has 0 heterocycles. The van der Waals surface area contributed by atoms with Crippen LogP contribution in [0.5, 0.6) is 0 Å². The van der Waals surface area contributed by atoms with E-state index < -0.39 is 0 Å². The van der Waals surface area contributed by atoms with Crippen molar-refractivity contribution >= 4 is 0 Å². The molecule has 0 saturated heterocycles. The summed E-state index contributed by atoms with van der Waals surface area (Å²) in [4.78, 5) is 0. The molecule has 0 aliphatic heterocycles. The van der Waals surface area contributed by atoms with Gasteiger partial charge >= 0.3 is 0 Å². The second kappa shape index (κ2) is 35.0. The van der Waals surface area contributed by atoms with Crippen LogP contribution in [0.15, 0.2) is 0 Å². The van der Waals surface area contributed by atoms with Crippen molar-refractivity contribution < 1.29 is 0 Å². The van der Waals surface area contributed by atoms with E-state index in [1.807, 2.05) is 0 Å². The molecule has 0 aromatic carbocycles. The Morgan fingerprint density at radius 2 is 0.500 bits per heavy atom. The maximum Gasteiger partial charge on any atom is -0.0414 e. The van der Waals surface area contributed by atoms with Crippen molar-refractivity contribution in [1.29, 1.82) is 0 Å². The Morgan fingerprint density at radius 1 is 0.289 bits per heavy atom. The van der Waals surface area contributed by atoms with Crippen LogP contribution in [0.1, 0.15) is 232 Å². The third-order valence-electron chi connectivity index (χ3n) is 9.04. The molecule has 0 rings (SSSR count). The summed E-state index contributed by atoms with van der Waals surface area (Å²) in [6, 6.07) is 0. The molecule has 0 nitrogen and oxygen atoms in total. The van der Waals surface area contributed by atoms with Gasteiger partial charge in [0.2, 0.25) is 0 Å². The molecule has 0 aliphatic rings.